The predicted octanol–water partition coefficient (Wildman–Crippen LogP) is 6.34. The van der Waals surface area contributed by atoms with Crippen LogP contribution in [-0.2, 0) is 6.61 Å². The second-order valence-electron chi connectivity index (χ2n) is 7.98. The van der Waals surface area contributed by atoms with E-state index in [4.69, 9.17) is 9.47 Å². The Bertz CT molecular complexity index is 1160. The number of Topliss-reactive ketones (excluding diaryl/α,β-unsaturated/α-hetero) is 1. The molecule has 1 heterocycles. The molecule has 0 N–H and O–H groups in total. The number of hydrogen-bond acceptors (Lipinski definition) is 4. The molecule has 164 valence electrons. The zero-order valence-electron chi connectivity index (χ0n) is 19.1. The van der Waals surface area contributed by atoms with E-state index in [9.17, 15) is 4.79 Å². The highest BCUT2D eigenvalue weighted by atomic mass is 16.5. The Hall–Kier alpha value is -3.53. The molecule has 3 aromatic rings. The molecule has 0 saturated carbocycles. The van der Waals surface area contributed by atoms with Gasteiger partial charge in [-0.15, -0.1) is 0 Å². The maximum Gasteiger partial charge on any atom is 0.231 e. The first-order valence-corrected chi connectivity index (χ1v) is 11.1. The summed E-state index contributed by atoms with van der Waals surface area (Å²) in [4.78, 5) is 15.2. The Morgan fingerprint density at radius 3 is 2.34 bits per heavy atom. The first-order valence-electron chi connectivity index (χ1n) is 11.1. The van der Waals surface area contributed by atoms with E-state index in [1.54, 1.807) is 6.07 Å². The van der Waals surface area contributed by atoms with Crippen LogP contribution < -0.4 is 14.4 Å². The average molecular weight is 428 g/mol. The summed E-state index contributed by atoms with van der Waals surface area (Å²) < 4.78 is 12.1. The van der Waals surface area contributed by atoms with Gasteiger partial charge >= 0.3 is 0 Å². The van der Waals surface area contributed by atoms with E-state index in [-0.39, 0.29) is 5.78 Å². The lowest BCUT2D eigenvalue weighted by atomic mass is 10.1. The number of carbonyl (C=O) groups is 1. The summed E-state index contributed by atoms with van der Waals surface area (Å²) in [5.41, 5.74) is 5.85. The molecule has 0 aromatic heterocycles. The van der Waals surface area contributed by atoms with Crippen molar-refractivity contribution < 1.29 is 14.3 Å². The number of ketones is 1. The van der Waals surface area contributed by atoms with Crippen molar-refractivity contribution >= 4 is 17.5 Å². The predicted molar refractivity (Wildman–Crippen MR) is 130 cm³/mol. The fraction of sp³-hybridized carbons (Fsp3) is 0.250. The van der Waals surface area contributed by atoms with Crippen LogP contribution in [0.4, 0.5) is 5.69 Å². The lowest BCUT2D eigenvalue weighted by Gasteiger charge is -2.20. The largest absolute Gasteiger partial charge is 0.488 e. The van der Waals surface area contributed by atoms with E-state index >= 15 is 0 Å². The molecule has 0 spiro atoms. The van der Waals surface area contributed by atoms with Crippen molar-refractivity contribution in [2.24, 2.45) is 0 Å². The van der Waals surface area contributed by atoms with E-state index in [0.717, 1.165) is 35.5 Å². The minimum absolute atomic E-state index is 0.0960. The molecular weight excluding hydrogens is 398 g/mol. The Morgan fingerprint density at radius 2 is 1.66 bits per heavy atom. The van der Waals surface area contributed by atoms with Gasteiger partial charge < -0.3 is 14.4 Å². The van der Waals surface area contributed by atoms with Gasteiger partial charge in [0.05, 0.1) is 5.56 Å². The summed E-state index contributed by atoms with van der Waals surface area (Å²) in [6.07, 6.45) is 1.81. The van der Waals surface area contributed by atoms with Crippen molar-refractivity contribution in [1.29, 1.82) is 0 Å². The number of fused-ring (bicyclic) bond motifs is 1. The summed E-state index contributed by atoms with van der Waals surface area (Å²) in [6.45, 7) is 10.7. The molecule has 0 aliphatic carbocycles. The standard InChI is InChI=1S/C28H29NO3/c1-5-29(6-2)23-13-11-21(12-14-23)17-26-27(30)24-15-16-25(20(4)28(24)32-26)31-18-22-10-8-7-9-19(22)3/h7-17H,5-6,18H2,1-4H3/b26-17-. The van der Waals surface area contributed by atoms with Gasteiger partial charge in [0.2, 0.25) is 5.78 Å². The summed E-state index contributed by atoms with van der Waals surface area (Å²) >= 11 is 0. The molecule has 0 atom stereocenters. The van der Waals surface area contributed by atoms with Crippen LogP contribution in [0.2, 0.25) is 0 Å². The normalized spacial score (nSPS) is 13.8. The van der Waals surface area contributed by atoms with Crippen LogP contribution in [0.5, 0.6) is 11.5 Å². The average Bonchev–Trinajstić information content (AvgIpc) is 3.12. The molecule has 0 amide bonds. The van der Waals surface area contributed by atoms with Gasteiger partial charge in [-0.25, -0.2) is 0 Å². The highest BCUT2D eigenvalue weighted by molar-refractivity contribution is 6.15. The van der Waals surface area contributed by atoms with Crippen molar-refractivity contribution in [3.63, 3.8) is 0 Å². The zero-order chi connectivity index (χ0) is 22.7. The van der Waals surface area contributed by atoms with Gasteiger partial charge in [-0.05, 0) is 74.7 Å². The van der Waals surface area contributed by atoms with Gasteiger partial charge in [0.25, 0.3) is 0 Å². The number of benzene rings is 3. The van der Waals surface area contributed by atoms with Crippen molar-refractivity contribution in [2.75, 3.05) is 18.0 Å². The molecule has 32 heavy (non-hydrogen) atoms. The Kier molecular flexibility index (Phi) is 6.31. The second kappa shape index (κ2) is 9.31. The van der Waals surface area contributed by atoms with Crippen LogP contribution in [0.15, 0.2) is 66.4 Å². The summed E-state index contributed by atoms with van der Waals surface area (Å²) in [7, 11) is 0. The Labute approximate surface area is 190 Å². The lowest BCUT2D eigenvalue weighted by molar-refractivity contribution is 0.101. The van der Waals surface area contributed by atoms with Crippen LogP contribution in [0.25, 0.3) is 6.08 Å². The minimum atomic E-state index is -0.0960. The van der Waals surface area contributed by atoms with Gasteiger partial charge in [-0.3, -0.25) is 4.79 Å². The van der Waals surface area contributed by atoms with E-state index in [1.807, 2.05) is 43.3 Å². The molecule has 4 rings (SSSR count). The molecule has 3 aromatic carbocycles. The van der Waals surface area contributed by atoms with Crippen LogP contribution in [0.3, 0.4) is 0 Å². The van der Waals surface area contributed by atoms with Gasteiger partial charge in [-0.1, -0.05) is 36.4 Å². The molecule has 4 nitrogen and oxygen atoms in total. The maximum atomic E-state index is 12.9. The third-order valence-electron chi connectivity index (χ3n) is 6.00. The van der Waals surface area contributed by atoms with Crippen LogP contribution in [0.1, 0.15) is 46.5 Å². The van der Waals surface area contributed by atoms with E-state index in [1.165, 1.54) is 11.3 Å². The molecule has 0 radical (unpaired) electrons. The number of aryl methyl sites for hydroxylation is 1. The first kappa shape index (κ1) is 21.7. The molecule has 0 bridgehead atoms. The van der Waals surface area contributed by atoms with Gasteiger partial charge in [-0.2, -0.15) is 0 Å². The molecule has 0 unspecified atom stereocenters. The van der Waals surface area contributed by atoms with E-state index in [0.29, 0.717) is 23.7 Å². The smallest absolute Gasteiger partial charge is 0.231 e. The SMILES string of the molecule is CCN(CC)c1ccc(/C=C2\Oc3c(ccc(OCc4ccccc4C)c3C)C2=O)cc1. The fourth-order valence-electron chi connectivity index (χ4n) is 3.97. The molecule has 1 aliphatic heterocycles. The summed E-state index contributed by atoms with van der Waals surface area (Å²) in [5, 5.41) is 0. The molecule has 0 saturated heterocycles. The van der Waals surface area contributed by atoms with Crippen LogP contribution >= 0.6 is 0 Å². The first-order chi connectivity index (χ1) is 15.5. The topological polar surface area (TPSA) is 38.8 Å². The van der Waals surface area contributed by atoms with Crippen molar-refractivity contribution in [1.82, 2.24) is 0 Å². The highest BCUT2D eigenvalue weighted by Gasteiger charge is 2.30. The quantitative estimate of drug-likeness (QED) is 0.412. The fourth-order valence-corrected chi connectivity index (χ4v) is 3.97. The monoisotopic (exact) mass is 427 g/mol. The van der Waals surface area contributed by atoms with Gasteiger partial charge in [0.15, 0.2) is 5.76 Å². The maximum absolute atomic E-state index is 12.9. The molecular formula is C28H29NO3. The number of allylic oxidation sites excluding steroid dienone is 1. The zero-order valence-corrected chi connectivity index (χ0v) is 19.1. The number of rotatable bonds is 7. The van der Waals surface area contributed by atoms with Gasteiger partial charge in [0, 0.05) is 24.3 Å². The minimum Gasteiger partial charge on any atom is -0.488 e. The summed E-state index contributed by atoms with van der Waals surface area (Å²) in [5.74, 6) is 1.56. The number of anilines is 1. The number of nitrogens with zero attached hydrogens (tertiary/aromatic N) is 1. The number of hydrogen-bond donors (Lipinski definition) is 0. The summed E-state index contributed by atoms with van der Waals surface area (Å²) in [6, 6.07) is 20.0. The van der Waals surface area contributed by atoms with E-state index < -0.39 is 0 Å². The van der Waals surface area contributed by atoms with Crippen molar-refractivity contribution in [3.8, 4) is 11.5 Å². The Balaban J connectivity index is 1.53. The van der Waals surface area contributed by atoms with Crippen molar-refractivity contribution in [3.05, 3.63) is 94.2 Å². The third-order valence-corrected chi connectivity index (χ3v) is 6.00. The number of carbonyl (C=O) groups excluding carboxylic acids is 1. The molecule has 1 aliphatic rings. The lowest BCUT2D eigenvalue weighted by Crippen LogP contribution is -2.21. The van der Waals surface area contributed by atoms with Gasteiger partial charge in [0.1, 0.15) is 18.1 Å². The highest BCUT2D eigenvalue weighted by Crippen LogP contribution is 2.39. The van der Waals surface area contributed by atoms with Crippen molar-refractivity contribution in [2.45, 2.75) is 34.3 Å². The van der Waals surface area contributed by atoms with Crippen LogP contribution in [-0.4, -0.2) is 18.9 Å². The third kappa shape index (κ3) is 4.26. The van der Waals surface area contributed by atoms with E-state index in [2.05, 4.69) is 49.9 Å². The Morgan fingerprint density at radius 1 is 0.938 bits per heavy atom. The molecule has 4 heteroatoms. The van der Waals surface area contributed by atoms with Crippen LogP contribution in [0, 0.1) is 13.8 Å². The second-order valence-corrected chi connectivity index (χ2v) is 7.98. The molecule has 0 fully saturated rings. The number of ether oxygens (including phenoxy) is 2.